The van der Waals surface area contributed by atoms with Gasteiger partial charge in [-0.15, -0.1) is 0 Å². The zero-order valence-corrected chi connectivity index (χ0v) is 42.2. The molecule has 2 aromatic heterocycles. The van der Waals surface area contributed by atoms with Crippen molar-refractivity contribution in [3.63, 3.8) is 0 Å². The number of benzene rings is 6. The van der Waals surface area contributed by atoms with E-state index < -0.39 is 0 Å². The molecule has 0 saturated carbocycles. The number of nitrogens with zero attached hydrogens (tertiary/aromatic N) is 2. The molecule has 2 nitrogen and oxygen atoms in total. The van der Waals surface area contributed by atoms with Crippen molar-refractivity contribution < 1.29 is 0 Å². The molecule has 6 aromatic carbocycles. The molecule has 0 radical (unpaired) electrons. The van der Waals surface area contributed by atoms with Gasteiger partial charge in [-0.25, -0.2) is 0 Å². The van der Waals surface area contributed by atoms with E-state index >= 15 is 0 Å². The fourth-order valence-corrected chi connectivity index (χ4v) is 9.54. The van der Waals surface area contributed by atoms with Crippen molar-refractivity contribution in [1.29, 1.82) is 0 Å². The van der Waals surface area contributed by atoms with E-state index in [-0.39, 0.29) is 32.5 Å². The predicted molar refractivity (Wildman–Crippen MR) is 277 cm³/mol. The lowest BCUT2D eigenvalue weighted by Gasteiger charge is -2.27. The van der Waals surface area contributed by atoms with Gasteiger partial charge in [0.25, 0.3) is 0 Å². The first-order chi connectivity index (χ1) is 28.9. The first-order valence-electron chi connectivity index (χ1n) is 23.4. The number of hydrogen-bond acceptors (Lipinski definition) is 0. The average molecular weight is 835 g/mol. The minimum absolute atomic E-state index is 0.00596. The molecule has 328 valence electrons. The Hall–Kier alpha value is -5.08. The van der Waals surface area contributed by atoms with Gasteiger partial charge in [-0.3, -0.25) is 0 Å². The van der Waals surface area contributed by atoms with Gasteiger partial charge in [-0.2, -0.15) is 0 Å². The Morgan fingerprint density at radius 3 is 1.16 bits per heavy atom. The monoisotopic (exact) mass is 835 g/mol. The van der Waals surface area contributed by atoms with E-state index in [1.54, 1.807) is 0 Å². The van der Waals surface area contributed by atoms with Gasteiger partial charge >= 0.3 is 0 Å². The number of aryl methyl sites for hydroxylation is 1. The van der Waals surface area contributed by atoms with E-state index in [0.717, 1.165) is 0 Å². The summed E-state index contributed by atoms with van der Waals surface area (Å²) in [5.41, 5.74) is 19.4. The summed E-state index contributed by atoms with van der Waals surface area (Å²) in [4.78, 5) is 0. The van der Waals surface area contributed by atoms with Crippen LogP contribution in [0.3, 0.4) is 0 Å². The topological polar surface area (TPSA) is 9.86 Å². The third-order valence-corrected chi connectivity index (χ3v) is 13.8. The molecule has 0 aliphatic carbocycles. The summed E-state index contributed by atoms with van der Waals surface area (Å²) >= 11 is 0. The molecule has 0 bridgehead atoms. The van der Waals surface area contributed by atoms with Gasteiger partial charge in [-0.1, -0.05) is 173 Å². The van der Waals surface area contributed by atoms with E-state index in [4.69, 9.17) is 0 Å². The summed E-state index contributed by atoms with van der Waals surface area (Å²) < 4.78 is 5.13. The Bertz CT molecular complexity index is 2960. The first kappa shape index (κ1) is 44.5. The molecular formula is C61H74N2. The Kier molecular flexibility index (Phi) is 10.2. The Labute approximate surface area is 379 Å². The zero-order valence-electron chi connectivity index (χ0n) is 42.2. The van der Waals surface area contributed by atoms with Gasteiger partial charge in [0.05, 0.1) is 22.1 Å². The molecule has 8 aromatic rings. The fraction of sp³-hybridized carbons (Fsp3) is 0.410. The maximum Gasteiger partial charge on any atom is 0.0547 e. The third-order valence-electron chi connectivity index (χ3n) is 13.8. The largest absolute Gasteiger partial charge is 0.309 e. The second-order valence-corrected chi connectivity index (χ2v) is 25.0. The van der Waals surface area contributed by atoms with Crippen molar-refractivity contribution in [2.45, 2.75) is 164 Å². The molecule has 0 fully saturated rings. The molecule has 63 heavy (non-hydrogen) atoms. The van der Waals surface area contributed by atoms with Gasteiger partial charge in [0.15, 0.2) is 0 Å². The molecule has 0 N–H and O–H groups in total. The molecular weight excluding hydrogens is 761 g/mol. The standard InChI is InChI=1S/C61H74N2/c1-37-49(63-50-25-23-39(56(2,3)4)35-47(50)48-36-40(57(5,6)7)24-26-51(48)63)27-28-53-54(37)55-46(38-29-41(58(8,9)10)31-42(30-38)59(11,12)13)21-20-22-52(55)62(53)45-33-43(60(14,15)16)32-44(34-45)61(17,18)19/h20-36H,1-19H3. The highest BCUT2D eigenvalue weighted by Gasteiger charge is 2.28. The average Bonchev–Trinajstić information content (AvgIpc) is 3.68. The van der Waals surface area contributed by atoms with Crippen molar-refractivity contribution in [2.75, 3.05) is 0 Å². The summed E-state index contributed by atoms with van der Waals surface area (Å²) in [7, 11) is 0. The van der Waals surface area contributed by atoms with E-state index in [0.29, 0.717) is 0 Å². The third kappa shape index (κ3) is 7.85. The SMILES string of the molecule is Cc1c(-n2c3ccc(C(C)(C)C)cc3c3cc(C(C)(C)C)ccc32)ccc2c1c1c(-c3cc(C(C)(C)C)cc(C(C)(C)C)c3)cccc1n2-c1cc(C(C)(C)C)cc(C(C)(C)C)c1. The Balaban J connectivity index is 1.55. The zero-order chi connectivity index (χ0) is 46.1. The van der Waals surface area contributed by atoms with Crippen LogP contribution < -0.4 is 0 Å². The van der Waals surface area contributed by atoms with Crippen LogP contribution in [0.25, 0.3) is 66.1 Å². The quantitative estimate of drug-likeness (QED) is 0.168. The van der Waals surface area contributed by atoms with E-state index in [9.17, 15) is 0 Å². The molecule has 8 rings (SSSR count). The maximum atomic E-state index is 2.57. The van der Waals surface area contributed by atoms with E-state index in [1.807, 2.05) is 0 Å². The molecule has 0 amide bonds. The van der Waals surface area contributed by atoms with Crippen LogP contribution in [-0.2, 0) is 32.5 Å². The molecule has 2 heteroatoms. The molecule has 2 heterocycles. The maximum absolute atomic E-state index is 2.57. The fourth-order valence-electron chi connectivity index (χ4n) is 9.54. The van der Waals surface area contributed by atoms with Crippen molar-refractivity contribution in [3.05, 3.63) is 142 Å². The van der Waals surface area contributed by atoms with Gasteiger partial charge in [0.1, 0.15) is 0 Å². The van der Waals surface area contributed by atoms with Crippen LogP contribution in [0.5, 0.6) is 0 Å². The molecule has 0 atom stereocenters. The first-order valence-corrected chi connectivity index (χ1v) is 23.4. The summed E-state index contributed by atoms with van der Waals surface area (Å²) in [5.74, 6) is 0. The van der Waals surface area contributed by atoms with Crippen molar-refractivity contribution in [1.82, 2.24) is 9.13 Å². The van der Waals surface area contributed by atoms with Crippen LogP contribution >= 0.6 is 0 Å². The number of fused-ring (bicyclic) bond motifs is 6. The summed E-state index contributed by atoms with van der Waals surface area (Å²) in [6.45, 7) is 44.4. The lowest BCUT2D eigenvalue weighted by Crippen LogP contribution is -2.17. The summed E-state index contributed by atoms with van der Waals surface area (Å²) in [6, 6.07) is 40.9. The van der Waals surface area contributed by atoms with E-state index in [2.05, 4.69) is 244 Å². The van der Waals surface area contributed by atoms with Crippen LogP contribution in [0, 0.1) is 6.92 Å². The molecule has 0 unspecified atom stereocenters. The van der Waals surface area contributed by atoms with Gasteiger partial charge in [0.2, 0.25) is 0 Å². The van der Waals surface area contributed by atoms with Crippen molar-refractivity contribution >= 4 is 43.6 Å². The molecule has 0 aliphatic rings. The lowest BCUT2D eigenvalue weighted by atomic mass is 9.78. The summed E-state index contributed by atoms with van der Waals surface area (Å²) in [5, 5.41) is 5.24. The van der Waals surface area contributed by atoms with Crippen LogP contribution in [-0.4, -0.2) is 9.13 Å². The number of aromatic nitrogens is 2. The van der Waals surface area contributed by atoms with Gasteiger partial charge < -0.3 is 9.13 Å². The highest BCUT2D eigenvalue weighted by molar-refractivity contribution is 6.18. The predicted octanol–water partition coefficient (Wildman–Crippen LogP) is 17.6. The van der Waals surface area contributed by atoms with Crippen LogP contribution in [0.15, 0.2) is 103 Å². The minimum atomic E-state index is -0.0178. The lowest BCUT2D eigenvalue weighted by molar-refractivity contribution is 0.567. The Morgan fingerprint density at radius 2 is 0.730 bits per heavy atom. The summed E-state index contributed by atoms with van der Waals surface area (Å²) in [6.07, 6.45) is 0. The number of rotatable bonds is 3. The second kappa shape index (κ2) is 14.5. The molecule has 0 aliphatic heterocycles. The van der Waals surface area contributed by atoms with E-state index in [1.165, 1.54) is 105 Å². The molecule has 0 spiro atoms. The highest BCUT2D eigenvalue weighted by atomic mass is 15.0. The van der Waals surface area contributed by atoms with Gasteiger partial charge in [-0.05, 0) is 144 Å². The Morgan fingerprint density at radius 1 is 0.333 bits per heavy atom. The van der Waals surface area contributed by atoms with Crippen molar-refractivity contribution in [3.8, 4) is 22.5 Å². The normalized spacial score (nSPS) is 13.6. The second-order valence-electron chi connectivity index (χ2n) is 25.0. The van der Waals surface area contributed by atoms with Gasteiger partial charge in [0, 0.05) is 32.9 Å². The van der Waals surface area contributed by atoms with Crippen LogP contribution in [0.4, 0.5) is 0 Å². The number of hydrogen-bond donors (Lipinski definition) is 0. The van der Waals surface area contributed by atoms with Crippen molar-refractivity contribution in [2.24, 2.45) is 0 Å². The molecule has 0 saturated heterocycles. The minimum Gasteiger partial charge on any atom is -0.309 e. The van der Waals surface area contributed by atoms with Crippen LogP contribution in [0.2, 0.25) is 0 Å². The smallest absolute Gasteiger partial charge is 0.0547 e. The van der Waals surface area contributed by atoms with Crippen LogP contribution in [0.1, 0.15) is 164 Å². The highest BCUT2D eigenvalue weighted by Crippen LogP contribution is 2.46.